The van der Waals surface area contributed by atoms with E-state index in [0.717, 1.165) is 37.2 Å². The van der Waals surface area contributed by atoms with Crippen LogP contribution >= 0.6 is 11.6 Å². The molecule has 0 atom stereocenters. The van der Waals surface area contributed by atoms with Crippen molar-refractivity contribution in [3.05, 3.63) is 59.2 Å². The van der Waals surface area contributed by atoms with Crippen LogP contribution in [0.4, 0.5) is 10.1 Å². The van der Waals surface area contributed by atoms with Gasteiger partial charge in [0.15, 0.2) is 0 Å². The molecular formula is C22H22ClFN4O3. The molecule has 7 nitrogen and oxygen atoms in total. The molecule has 0 aliphatic carbocycles. The minimum absolute atomic E-state index is 0.150. The number of methoxy groups -OCH3 is 1. The van der Waals surface area contributed by atoms with Gasteiger partial charge in [0.05, 0.1) is 24.4 Å². The molecule has 1 aliphatic heterocycles. The molecule has 1 saturated heterocycles. The van der Waals surface area contributed by atoms with Gasteiger partial charge in [0, 0.05) is 11.5 Å². The Kier molecular flexibility index (Phi) is 6.48. The van der Waals surface area contributed by atoms with Gasteiger partial charge in [0.25, 0.3) is 0 Å². The van der Waals surface area contributed by atoms with E-state index in [2.05, 4.69) is 15.5 Å². The summed E-state index contributed by atoms with van der Waals surface area (Å²) in [6, 6.07) is 11.4. The fourth-order valence-corrected chi connectivity index (χ4v) is 3.75. The largest absolute Gasteiger partial charge is 0.497 e. The molecule has 1 amide bonds. The van der Waals surface area contributed by atoms with Gasteiger partial charge in [-0.05, 0) is 68.4 Å². The number of piperidine rings is 1. The van der Waals surface area contributed by atoms with E-state index < -0.39 is 5.82 Å². The maximum atomic E-state index is 13.4. The summed E-state index contributed by atoms with van der Waals surface area (Å²) in [6.45, 7) is 1.64. The van der Waals surface area contributed by atoms with Gasteiger partial charge in [-0.3, -0.25) is 9.69 Å². The van der Waals surface area contributed by atoms with Crippen LogP contribution in [0.5, 0.6) is 5.75 Å². The summed E-state index contributed by atoms with van der Waals surface area (Å²) in [5.74, 6) is 1.40. The number of likely N-dealkylation sites (tertiary alicyclic amines) is 1. The topological polar surface area (TPSA) is 80.5 Å². The molecule has 0 spiro atoms. The van der Waals surface area contributed by atoms with Crippen molar-refractivity contribution in [3.63, 3.8) is 0 Å². The number of ether oxygens (including phenoxy) is 1. The van der Waals surface area contributed by atoms with Gasteiger partial charge in [0.2, 0.25) is 17.6 Å². The average Bonchev–Trinajstić information content (AvgIpc) is 3.27. The monoisotopic (exact) mass is 444 g/mol. The first-order chi connectivity index (χ1) is 15.0. The first kappa shape index (κ1) is 21.3. The van der Waals surface area contributed by atoms with Crippen LogP contribution < -0.4 is 10.1 Å². The molecule has 9 heteroatoms. The van der Waals surface area contributed by atoms with Gasteiger partial charge >= 0.3 is 0 Å². The van der Waals surface area contributed by atoms with Gasteiger partial charge in [-0.15, -0.1) is 0 Å². The van der Waals surface area contributed by atoms with E-state index in [-0.39, 0.29) is 24.1 Å². The Morgan fingerprint density at radius 1 is 1.26 bits per heavy atom. The van der Waals surface area contributed by atoms with Crippen LogP contribution in [0.2, 0.25) is 5.02 Å². The van der Waals surface area contributed by atoms with E-state index in [0.29, 0.717) is 16.7 Å². The standard InChI is InChI=1S/C22H22ClFN4O3/c1-30-17-5-2-14(3-6-17)21-26-22(31-27-21)15-8-10-28(11-9-15)13-20(29)25-19-12-16(24)4-7-18(19)23/h2-7,12,15H,8-11,13H2,1H3,(H,25,29). The summed E-state index contributed by atoms with van der Waals surface area (Å²) in [6.07, 6.45) is 1.61. The van der Waals surface area contributed by atoms with E-state index in [4.69, 9.17) is 20.9 Å². The first-order valence-corrected chi connectivity index (χ1v) is 10.3. The highest BCUT2D eigenvalue weighted by Gasteiger charge is 2.26. The minimum atomic E-state index is -0.450. The number of aromatic nitrogens is 2. The number of nitrogens with zero attached hydrogens (tertiary/aromatic N) is 3. The predicted molar refractivity (Wildman–Crippen MR) is 115 cm³/mol. The summed E-state index contributed by atoms with van der Waals surface area (Å²) < 4.78 is 24.0. The molecule has 2 aromatic carbocycles. The lowest BCUT2D eigenvalue weighted by Gasteiger charge is -2.29. The minimum Gasteiger partial charge on any atom is -0.497 e. The highest BCUT2D eigenvalue weighted by molar-refractivity contribution is 6.33. The second-order valence-electron chi connectivity index (χ2n) is 7.41. The third-order valence-corrected chi connectivity index (χ3v) is 5.63. The Bertz CT molecular complexity index is 1050. The van der Waals surface area contributed by atoms with Gasteiger partial charge in [-0.2, -0.15) is 4.98 Å². The molecule has 3 aromatic rings. The molecule has 0 unspecified atom stereocenters. The van der Waals surface area contributed by atoms with Crippen molar-refractivity contribution in [1.29, 1.82) is 0 Å². The SMILES string of the molecule is COc1ccc(-c2noc(C3CCN(CC(=O)Nc4cc(F)ccc4Cl)CC3)n2)cc1. The molecule has 1 fully saturated rings. The summed E-state index contributed by atoms with van der Waals surface area (Å²) in [5.41, 5.74) is 1.14. The third-order valence-electron chi connectivity index (χ3n) is 5.30. The Labute approximate surface area is 184 Å². The van der Waals surface area contributed by atoms with Crippen molar-refractivity contribution >= 4 is 23.2 Å². The number of amides is 1. The quantitative estimate of drug-likeness (QED) is 0.608. The fraction of sp³-hybridized carbons (Fsp3) is 0.318. The molecule has 0 bridgehead atoms. The summed E-state index contributed by atoms with van der Waals surface area (Å²) in [4.78, 5) is 18.9. The van der Waals surface area contributed by atoms with Gasteiger partial charge in [0.1, 0.15) is 11.6 Å². The number of benzene rings is 2. The van der Waals surface area contributed by atoms with Crippen molar-refractivity contribution in [3.8, 4) is 17.1 Å². The number of rotatable bonds is 6. The smallest absolute Gasteiger partial charge is 0.238 e. The maximum absolute atomic E-state index is 13.4. The summed E-state index contributed by atoms with van der Waals surface area (Å²) >= 11 is 6.01. The fourth-order valence-electron chi connectivity index (χ4n) is 3.58. The molecule has 2 heterocycles. The lowest BCUT2D eigenvalue weighted by Crippen LogP contribution is -2.38. The van der Waals surface area contributed by atoms with Crippen molar-refractivity contribution in [2.75, 3.05) is 32.1 Å². The van der Waals surface area contributed by atoms with E-state index >= 15 is 0 Å². The normalized spacial score (nSPS) is 15.1. The van der Waals surface area contributed by atoms with Crippen molar-refractivity contribution in [2.24, 2.45) is 0 Å². The lowest BCUT2D eigenvalue weighted by atomic mass is 9.97. The predicted octanol–water partition coefficient (Wildman–Crippen LogP) is 4.36. The number of hydrogen-bond donors (Lipinski definition) is 1. The van der Waals surface area contributed by atoms with Crippen LogP contribution in [0.3, 0.4) is 0 Å². The van der Waals surface area contributed by atoms with Crippen LogP contribution in [-0.4, -0.2) is 47.7 Å². The Balaban J connectivity index is 1.30. The zero-order chi connectivity index (χ0) is 21.8. The van der Waals surface area contributed by atoms with E-state index in [1.54, 1.807) is 7.11 Å². The molecular weight excluding hydrogens is 423 g/mol. The highest BCUT2D eigenvalue weighted by Crippen LogP contribution is 2.29. The second kappa shape index (κ2) is 9.45. The van der Waals surface area contributed by atoms with Gasteiger partial charge in [-0.25, -0.2) is 4.39 Å². The second-order valence-corrected chi connectivity index (χ2v) is 7.81. The molecule has 1 aromatic heterocycles. The molecule has 1 N–H and O–H groups in total. The lowest BCUT2D eigenvalue weighted by molar-refractivity contribution is -0.117. The van der Waals surface area contributed by atoms with E-state index in [1.807, 2.05) is 29.2 Å². The van der Waals surface area contributed by atoms with Crippen LogP contribution in [0.25, 0.3) is 11.4 Å². The van der Waals surface area contributed by atoms with Crippen LogP contribution in [-0.2, 0) is 4.79 Å². The molecule has 4 rings (SSSR count). The number of halogens is 2. The van der Waals surface area contributed by atoms with Crippen molar-refractivity contribution < 1.29 is 18.4 Å². The van der Waals surface area contributed by atoms with Crippen LogP contribution in [0.15, 0.2) is 47.0 Å². The first-order valence-electron chi connectivity index (χ1n) is 9.97. The number of carbonyl (C=O) groups excluding carboxylic acids is 1. The molecule has 0 radical (unpaired) electrons. The van der Waals surface area contributed by atoms with Gasteiger partial charge < -0.3 is 14.6 Å². The zero-order valence-corrected chi connectivity index (χ0v) is 17.7. The number of hydrogen-bond acceptors (Lipinski definition) is 6. The number of anilines is 1. The number of carbonyl (C=O) groups is 1. The van der Waals surface area contributed by atoms with Gasteiger partial charge in [-0.1, -0.05) is 16.8 Å². The number of nitrogens with one attached hydrogen (secondary N) is 1. The maximum Gasteiger partial charge on any atom is 0.238 e. The van der Waals surface area contributed by atoms with Crippen LogP contribution in [0, 0.1) is 5.82 Å². The van der Waals surface area contributed by atoms with Crippen LogP contribution in [0.1, 0.15) is 24.7 Å². The summed E-state index contributed by atoms with van der Waals surface area (Å²) in [7, 11) is 1.62. The van der Waals surface area contributed by atoms with Crippen molar-refractivity contribution in [2.45, 2.75) is 18.8 Å². The Morgan fingerprint density at radius 3 is 2.71 bits per heavy atom. The van der Waals surface area contributed by atoms with E-state index in [1.165, 1.54) is 18.2 Å². The highest BCUT2D eigenvalue weighted by atomic mass is 35.5. The zero-order valence-electron chi connectivity index (χ0n) is 17.0. The molecule has 1 aliphatic rings. The Hall–Kier alpha value is -2.97. The van der Waals surface area contributed by atoms with E-state index in [9.17, 15) is 9.18 Å². The third kappa shape index (κ3) is 5.21. The molecule has 162 valence electrons. The molecule has 31 heavy (non-hydrogen) atoms. The summed E-state index contributed by atoms with van der Waals surface area (Å²) in [5, 5.41) is 7.07. The molecule has 0 saturated carbocycles. The van der Waals surface area contributed by atoms with Crippen molar-refractivity contribution in [1.82, 2.24) is 15.0 Å². The average molecular weight is 445 g/mol. The Morgan fingerprint density at radius 2 is 2.00 bits per heavy atom.